The number of H-pyrrole nitrogens is 1. The molecule has 0 radical (unpaired) electrons. The first-order chi connectivity index (χ1) is 14.5. The molecule has 0 saturated carbocycles. The second-order valence-corrected chi connectivity index (χ2v) is 7.78. The maximum atomic E-state index is 13.2. The Hall–Kier alpha value is -2.81. The number of aromatic amines is 1. The number of hydrogen-bond donors (Lipinski definition) is 2. The molecule has 158 valence electrons. The van der Waals surface area contributed by atoms with Crippen LogP contribution in [0.25, 0.3) is 11.0 Å². The summed E-state index contributed by atoms with van der Waals surface area (Å²) in [7, 11) is 0. The molecule has 30 heavy (non-hydrogen) atoms. The molecule has 0 aliphatic carbocycles. The molecule has 0 bridgehead atoms. The van der Waals surface area contributed by atoms with Gasteiger partial charge in [0.15, 0.2) is 0 Å². The quantitative estimate of drug-likeness (QED) is 0.652. The first-order valence-corrected chi connectivity index (χ1v) is 9.97. The Labute approximate surface area is 170 Å². The van der Waals surface area contributed by atoms with Crippen LogP contribution < -0.4 is 10.1 Å². The van der Waals surface area contributed by atoms with Gasteiger partial charge in [0.2, 0.25) is 0 Å². The number of halogens is 3. The lowest BCUT2D eigenvalue weighted by Gasteiger charge is -2.40. The summed E-state index contributed by atoms with van der Waals surface area (Å²) in [6.45, 7) is 1.92. The lowest BCUT2D eigenvalue weighted by Crippen LogP contribution is -2.39. The Morgan fingerprint density at radius 1 is 1.13 bits per heavy atom. The number of aromatic nitrogens is 3. The van der Waals surface area contributed by atoms with Gasteiger partial charge in [0, 0.05) is 24.7 Å². The van der Waals surface area contributed by atoms with Gasteiger partial charge in [-0.05, 0) is 30.9 Å². The monoisotopic (exact) mass is 418 g/mol. The van der Waals surface area contributed by atoms with E-state index in [9.17, 15) is 13.2 Å². The summed E-state index contributed by atoms with van der Waals surface area (Å²) in [5.74, 6) is 1.54. The summed E-state index contributed by atoms with van der Waals surface area (Å²) in [5, 5.41) is 3.73. The van der Waals surface area contributed by atoms with E-state index in [4.69, 9.17) is 9.47 Å². The Kier molecular flexibility index (Phi) is 4.77. The Morgan fingerprint density at radius 3 is 2.80 bits per heavy atom. The van der Waals surface area contributed by atoms with Gasteiger partial charge in [0.1, 0.15) is 29.2 Å². The van der Waals surface area contributed by atoms with Crippen LogP contribution in [0.1, 0.15) is 30.1 Å². The van der Waals surface area contributed by atoms with E-state index in [1.54, 1.807) is 0 Å². The average molecular weight is 418 g/mol. The largest absolute Gasteiger partial charge is 0.493 e. The number of rotatable bonds is 3. The van der Waals surface area contributed by atoms with Crippen LogP contribution in [-0.2, 0) is 10.9 Å². The van der Waals surface area contributed by atoms with Crippen molar-refractivity contribution in [2.45, 2.75) is 25.1 Å². The molecule has 3 unspecified atom stereocenters. The summed E-state index contributed by atoms with van der Waals surface area (Å²) in [6.07, 6.45) is -1.20. The van der Waals surface area contributed by atoms with Gasteiger partial charge in [-0.3, -0.25) is 0 Å². The summed E-state index contributed by atoms with van der Waals surface area (Å²) >= 11 is 0. The van der Waals surface area contributed by atoms with Gasteiger partial charge in [-0.2, -0.15) is 13.2 Å². The SMILES string of the molecule is FC(F)(F)c1cc2c(NC3c4ccccc4OCC3C3CCCOC3)ncnc2[nH]1. The molecule has 6 nitrogen and oxygen atoms in total. The maximum absolute atomic E-state index is 13.2. The highest BCUT2D eigenvalue weighted by atomic mass is 19.4. The van der Waals surface area contributed by atoms with Crippen LogP contribution in [0.4, 0.5) is 19.0 Å². The van der Waals surface area contributed by atoms with Gasteiger partial charge in [-0.1, -0.05) is 18.2 Å². The van der Waals surface area contributed by atoms with Crippen LogP contribution in [0.15, 0.2) is 36.7 Å². The molecule has 0 spiro atoms. The number of anilines is 1. The first-order valence-electron chi connectivity index (χ1n) is 9.97. The van der Waals surface area contributed by atoms with Crippen molar-refractivity contribution in [3.05, 3.63) is 47.9 Å². The molecule has 2 aromatic heterocycles. The molecule has 0 amide bonds. The van der Waals surface area contributed by atoms with Crippen molar-refractivity contribution in [1.29, 1.82) is 0 Å². The fraction of sp³-hybridized carbons (Fsp3) is 0.429. The minimum absolute atomic E-state index is 0.103. The molecule has 3 aromatic rings. The van der Waals surface area contributed by atoms with Crippen molar-refractivity contribution in [2.75, 3.05) is 25.1 Å². The van der Waals surface area contributed by atoms with E-state index in [0.717, 1.165) is 36.8 Å². The van der Waals surface area contributed by atoms with E-state index in [-0.39, 0.29) is 17.6 Å². The van der Waals surface area contributed by atoms with Crippen molar-refractivity contribution in [3.8, 4) is 5.75 Å². The van der Waals surface area contributed by atoms with Crippen LogP contribution in [0.2, 0.25) is 0 Å². The number of alkyl halides is 3. The van der Waals surface area contributed by atoms with Crippen molar-refractivity contribution in [2.24, 2.45) is 11.8 Å². The van der Waals surface area contributed by atoms with E-state index < -0.39 is 11.9 Å². The van der Waals surface area contributed by atoms with Crippen molar-refractivity contribution in [3.63, 3.8) is 0 Å². The van der Waals surface area contributed by atoms with Crippen LogP contribution >= 0.6 is 0 Å². The number of hydrogen-bond acceptors (Lipinski definition) is 5. The number of nitrogens with zero attached hydrogens (tertiary/aromatic N) is 2. The number of para-hydroxylation sites is 1. The lowest BCUT2D eigenvalue weighted by atomic mass is 9.79. The molecule has 1 fully saturated rings. The predicted octanol–water partition coefficient (Wildman–Crippen LogP) is 4.57. The summed E-state index contributed by atoms with van der Waals surface area (Å²) < 4.78 is 51.3. The predicted molar refractivity (Wildman–Crippen MR) is 104 cm³/mol. The molecule has 1 saturated heterocycles. The number of ether oxygens (including phenoxy) is 2. The van der Waals surface area contributed by atoms with Gasteiger partial charge in [-0.25, -0.2) is 9.97 Å². The highest BCUT2D eigenvalue weighted by Crippen LogP contribution is 2.43. The lowest BCUT2D eigenvalue weighted by molar-refractivity contribution is -0.140. The molecule has 2 aliphatic rings. The second-order valence-electron chi connectivity index (χ2n) is 7.78. The van der Waals surface area contributed by atoms with E-state index in [1.807, 2.05) is 24.3 Å². The Bertz CT molecular complexity index is 1050. The van der Waals surface area contributed by atoms with Crippen molar-refractivity contribution < 1.29 is 22.6 Å². The van der Waals surface area contributed by atoms with Gasteiger partial charge < -0.3 is 19.8 Å². The highest BCUT2D eigenvalue weighted by Gasteiger charge is 2.38. The van der Waals surface area contributed by atoms with E-state index in [0.29, 0.717) is 30.3 Å². The summed E-state index contributed by atoms with van der Waals surface area (Å²) in [5.41, 5.74) is 0.279. The number of nitrogens with one attached hydrogen (secondary N) is 2. The molecule has 4 heterocycles. The third kappa shape index (κ3) is 3.47. The fourth-order valence-electron chi connectivity index (χ4n) is 4.43. The van der Waals surface area contributed by atoms with Gasteiger partial charge in [-0.15, -0.1) is 0 Å². The number of benzene rings is 1. The van der Waals surface area contributed by atoms with Gasteiger partial charge in [0.25, 0.3) is 0 Å². The topological polar surface area (TPSA) is 72.1 Å². The van der Waals surface area contributed by atoms with Crippen LogP contribution in [0.3, 0.4) is 0 Å². The molecule has 9 heteroatoms. The van der Waals surface area contributed by atoms with Gasteiger partial charge >= 0.3 is 6.18 Å². The van der Waals surface area contributed by atoms with Crippen molar-refractivity contribution >= 4 is 16.9 Å². The fourth-order valence-corrected chi connectivity index (χ4v) is 4.43. The standard InChI is InChI=1S/C21H21F3N4O2/c22-21(23,24)17-8-14-19(27-17)25-11-26-20(14)28-18-13-5-1-2-6-16(13)30-10-15(18)12-4-3-7-29-9-12/h1-2,5-6,8,11-12,15,18H,3-4,7,9-10H2,(H2,25,26,27,28). The van der Waals surface area contributed by atoms with Crippen LogP contribution in [0.5, 0.6) is 5.75 Å². The molecular formula is C21H21F3N4O2. The minimum atomic E-state index is -4.48. The Balaban J connectivity index is 1.54. The van der Waals surface area contributed by atoms with Crippen LogP contribution in [0, 0.1) is 11.8 Å². The van der Waals surface area contributed by atoms with Crippen molar-refractivity contribution in [1.82, 2.24) is 15.0 Å². The third-order valence-electron chi connectivity index (χ3n) is 5.94. The minimum Gasteiger partial charge on any atom is -0.493 e. The normalized spacial score (nSPS) is 24.3. The van der Waals surface area contributed by atoms with Gasteiger partial charge in [0.05, 0.1) is 18.0 Å². The smallest absolute Gasteiger partial charge is 0.431 e. The second kappa shape index (κ2) is 7.46. The van der Waals surface area contributed by atoms with Crippen LogP contribution in [-0.4, -0.2) is 34.8 Å². The zero-order valence-corrected chi connectivity index (χ0v) is 16.1. The zero-order chi connectivity index (χ0) is 20.7. The molecule has 5 rings (SSSR count). The summed E-state index contributed by atoms with van der Waals surface area (Å²) in [6, 6.07) is 8.63. The molecular weight excluding hydrogens is 397 g/mol. The van der Waals surface area contributed by atoms with E-state index in [2.05, 4.69) is 20.3 Å². The maximum Gasteiger partial charge on any atom is 0.431 e. The molecule has 3 atom stereocenters. The third-order valence-corrected chi connectivity index (χ3v) is 5.94. The molecule has 2 N–H and O–H groups in total. The Morgan fingerprint density at radius 2 is 2.00 bits per heavy atom. The molecule has 2 aliphatic heterocycles. The zero-order valence-electron chi connectivity index (χ0n) is 16.1. The number of fused-ring (bicyclic) bond motifs is 2. The molecule has 1 aromatic carbocycles. The highest BCUT2D eigenvalue weighted by molar-refractivity contribution is 5.88. The average Bonchev–Trinajstić information content (AvgIpc) is 3.21. The first kappa shape index (κ1) is 19.2. The van der Waals surface area contributed by atoms with E-state index >= 15 is 0 Å². The van der Waals surface area contributed by atoms with E-state index in [1.165, 1.54) is 6.33 Å². The summed E-state index contributed by atoms with van der Waals surface area (Å²) in [4.78, 5) is 10.6.